The van der Waals surface area contributed by atoms with Gasteiger partial charge in [-0.05, 0) is 71.8 Å². The number of hydrogen-bond donors (Lipinski definition) is 2. The third-order valence-electron chi connectivity index (χ3n) is 5.35. The zero-order chi connectivity index (χ0) is 22.6. The molecule has 0 aliphatic heterocycles. The second-order valence-corrected chi connectivity index (χ2v) is 9.01. The van der Waals surface area contributed by atoms with Crippen LogP contribution in [0.4, 0.5) is 11.4 Å². The van der Waals surface area contributed by atoms with Crippen LogP contribution in [0.25, 0.3) is 0 Å². The summed E-state index contributed by atoms with van der Waals surface area (Å²) in [7, 11) is 0. The van der Waals surface area contributed by atoms with Crippen molar-refractivity contribution in [2.24, 2.45) is 0 Å². The lowest BCUT2D eigenvalue weighted by Gasteiger charge is -2.19. The lowest BCUT2D eigenvalue weighted by atomic mass is 9.87. The molecule has 0 spiro atoms. The smallest absolute Gasteiger partial charge is 0.255 e. The molecule has 0 fully saturated rings. The van der Waals surface area contributed by atoms with E-state index in [1.807, 2.05) is 61.5 Å². The van der Waals surface area contributed by atoms with Crippen LogP contribution in [0.5, 0.6) is 0 Å². The topological polar surface area (TPSA) is 58.2 Å². The van der Waals surface area contributed by atoms with Gasteiger partial charge in [0.25, 0.3) is 5.91 Å². The number of carbonyl (C=O) groups excluding carboxylic acids is 2. The summed E-state index contributed by atoms with van der Waals surface area (Å²) in [5.41, 5.74) is 6.45. The fraction of sp³-hybridized carbons (Fsp3) is 0.259. The molecule has 0 heterocycles. The van der Waals surface area contributed by atoms with Crippen molar-refractivity contribution in [3.63, 3.8) is 0 Å². The van der Waals surface area contributed by atoms with Crippen LogP contribution in [0, 0.1) is 13.8 Å². The Morgan fingerprint density at radius 1 is 0.774 bits per heavy atom. The summed E-state index contributed by atoms with van der Waals surface area (Å²) >= 11 is 0. The van der Waals surface area contributed by atoms with Crippen LogP contribution in [0.2, 0.25) is 0 Å². The molecule has 0 saturated heterocycles. The number of benzene rings is 3. The fourth-order valence-corrected chi connectivity index (χ4v) is 3.30. The van der Waals surface area contributed by atoms with Crippen molar-refractivity contribution in [2.75, 3.05) is 10.6 Å². The van der Waals surface area contributed by atoms with Crippen molar-refractivity contribution < 1.29 is 9.59 Å². The summed E-state index contributed by atoms with van der Waals surface area (Å²) in [6, 6.07) is 20.9. The Hall–Kier alpha value is -3.40. The molecule has 4 heteroatoms. The maximum absolute atomic E-state index is 12.6. The number of hydrogen-bond acceptors (Lipinski definition) is 2. The first-order chi connectivity index (χ1) is 14.6. The minimum absolute atomic E-state index is 0.0405. The van der Waals surface area contributed by atoms with Crippen molar-refractivity contribution in [3.8, 4) is 0 Å². The molecule has 3 aromatic carbocycles. The number of amides is 2. The molecule has 0 bridgehead atoms. The summed E-state index contributed by atoms with van der Waals surface area (Å²) < 4.78 is 0. The van der Waals surface area contributed by atoms with Gasteiger partial charge < -0.3 is 10.6 Å². The summed E-state index contributed by atoms with van der Waals surface area (Å²) in [5, 5.41) is 5.81. The Morgan fingerprint density at radius 3 is 2.03 bits per heavy atom. The van der Waals surface area contributed by atoms with Crippen molar-refractivity contribution in [2.45, 2.75) is 46.5 Å². The molecule has 2 N–H and O–H groups in total. The lowest BCUT2D eigenvalue weighted by molar-refractivity contribution is -0.115. The van der Waals surface area contributed by atoms with Gasteiger partial charge in [0, 0.05) is 16.9 Å². The lowest BCUT2D eigenvalue weighted by Crippen LogP contribution is -2.16. The standard InChI is InChI=1S/C27H30N2O2/c1-18-9-10-20(15-19(18)2)16-25(30)28-23-7-6-8-24(17-23)29-26(31)21-11-13-22(14-12-21)27(3,4)5/h6-15,17H,16H2,1-5H3,(H,28,30)(H,29,31). The van der Waals surface area contributed by atoms with Crippen LogP contribution in [-0.2, 0) is 16.6 Å². The molecule has 0 unspecified atom stereocenters. The van der Waals surface area contributed by atoms with E-state index >= 15 is 0 Å². The highest BCUT2D eigenvalue weighted by atomic mass is 16.2. The molecule has 0 atom stereocenters. The summed E-state index contributed by atoms with van der Waals surface area (Å²) in [6.07, 6.45) is 0.303. The number of carbonyl (C=O) groups is 2. The highest BCUT2D eigenvalue weighted by molar-refractivity contribution is 6.04. The van der Waals surface area contributed by atoms with E-state index < -0.39 is 0 Å². The van der Waals surface area contributed by atoms with E-state index in [1.54, 1.807) is 12.1 Å². The largest absolute Gasteiger partial charge is 0.326 e. The SMILES string of the molecule is Cc1ccc(CC(=O)Nc2cccc(NC(=O)c3ccc(C(C)(C)C)cc3)c2)cc1C. The minimum atomic E-state index is -0.181. The Kier molecular flexibility index (Phi) is 6.59. The van der Waals surface area contributed by atoms with Gasteiger partial charge in [0.05, 0.1) is 6.42 Å². The van der Waals surface area contributed by atoms with Gasteiger partial charge in [-0.15, -0.1) is 0 Å². The molecular formula is C27H30N2O2. The average molecular weight is 415 g/mol. The van der Waals surface area contributed by atoms with Crippen molar-refractivity contribution in [1.29, 1.82) is 0 Å². The highest BCUT2D eigenvalue weighted by Gasteiger charge is 2.14. The van der Waals surface area contributed by atoms with Gasteiger partial charge in [-0.2, -0.15) is 0 Å². The zero-order valence-electron chi connectivity index (χ0n) is 18.9. The van der Waals surface area contributed by atoms with E-state index in [9.17, 15) is 9.59 Å². The molecular weight excluding hydrogens is 384 g/mol. The first kappa shape index (κ1) is 22.3. The van der Waals surface area contributed by atoms with Gasteiger partial charge in [0.2, 0.25) is 5.91 Å². The predicted octanol–water partition coefficient (Wildman–Crippen LogP) is 6.03. The van der Waals surface area contributed by atoms with E-state index in [0.717, 1.165) is 5.56 Å². The molecule has 160 valence electrons. The highest BCUT2D eigenvalue weighted by Crippen LogP contribution is 2.23. The maximum atomic E-state index is 12.6. The molecule has 0 aliphatic carbocycles. The molecule has 0 radical (unpaired) electrons. The molecule has 2 amide bonds. The summed E-state index contributed by atoms with van der Waals surface area (Å²) in [6.45, 7) is 10.5. The van der Waals surface area contributed by atoms with Crippen LogP contribution in [-0.4, -0.2) is 11.8 Å². The van der Waals surface area contributed by atoms with Crippen LogP contribution in [0.15, 0.2) is 66.7 Å². The Labute approximate surface area is 184 Å². The van der Waals surface area contributed by atoms with Gasteiger partial charge in [0.1, 0.15) is 0 Å². The van der Waals surface area contributed by atoms with Crippen molar-refractivity contribution in [3.05, 3.63) is 94.5 Å². The van der Waals surface area contributed by atoms with E-state index in [0.29, 0.717) is 23.4 Å². The van der Waals surface area contributed by atoms with Gasteiger partial charge in [0.15, 0.2) is 0 Å². The average Bonchev–Trinajstić information content (AvgIpc) is 2.70. The maximum Gasteiger partial charge on any atom is 0.255 e. The van der Waals surface area contributed by atoms with Gasteiger partial charge >= 0.3 is 0 Å². The first-order valence-corrected chi connectivity index (χ1v) is 10.5. The third-order valence-corrected chi connectivity index (χ3v) is 5.35. The van der Waals surface area contributed by atoms with Gasteiger partial charge in [-0.1, -0.05) is 57.2 Å². The number of aryl methyl sites for hydroxylation is 2. The van der Waals surface area contributed by atoms with E-state index in [2.05, 4.69) is 38.3 Å². The summed E-state index contributed by atoms with van der Waals surface area (Å²) in [5.74, 6) is -0.274. The van der Waals surface area contributed by atoms with Crippen LogP contribution in [0.3, 0.4) is 0 Å². The molecule has 0 saturated carbocycles. The van der Waals surface area contributed by atoms with E-state index in [-0.39, 0.29) is 17.2 Å². The monoisotopic (exact) mass is 414 g/mol. The predicted molar refractivity (Wildman–Crippen MR) is 128 cm³/mol. The zero-order valence-corrected chi connectivity index (χ0v) is 18.9. The second kappa shape index (κ2) is 9.17. The van der Waals surface area contributed by atoms with Gasteiger partial charge in [-0.3, -0.25) is 9.59 Å². The van der Waals surface area contributed by atoms with Crippen LogP contribution >= 0.6 is 0 Å². The molecule has 4 nitrogen and oxygen atoms in total. The molecule has 0 aliphatic rings. The van der Waals surface area contributed by atoms with Gasteiger partial charge in [-0.25, -0.2) is 0 Å². The van der Waals surface area contributed by atoms with Crippen molar-refractivity contribution in [1.82, 2.24) is 0 Å². The Balaban J connectivity index is 1.63. The quantitative estimate of drug-likeness (QED) is 0.535. The number of nitrogens with one attached hydrogen (secondary N) is 2. The second-order valence-electron chi connectivity index (χ2n) is 9.01. The molecule has 3 aromatic rings. The minimum Gasteiger partial charge on any atom is -0.326 e. The molecule has 3 rings (SSSR count). The fourth-order valence-electron chi connectivity index (χ4n) is 3.30. The summed E-state index contributed by atoms with van der Waals surface area (Å²) in [4.78, 5) is 25.1. The number of rotatable bonds is 5. The van der Waals surface area contributed by atoms with Crippen LogP contribution < -0.4 is 10.6 Å². The van der Waals surface area contributed by atoms with Crippen LogP contribution in [0.1, 0.15) is 53.4 Å². The first-order valence-electron chi connectivity index (χ1n) is 10.5. The number of anilines is 2. The Morgan fingerprint density at radius 2 is 1.42 bits per heavy atom. The van der Waals surface area contributed by atoms with E-state index in [1.165, 1.54) is 16.7 Å². The third kappa shape index (κ3) is 6.05. The normalized spacial score (nSPS) is 11.1. The van der Waals surface area contributed by atoms with Crippen molar-refractivity contribution >= 4 is 23.2 Å². The Bertz CT molecular complexity index is 1090. The molecule has 31 heavy (non-hydrogen) atoms. The van der Waals surface area contributed by atoms with E-state index in [4.69, 9.17) is 0 Å². The molecule has 0 aromatic heterocycles.